The van der Waals surface area contributed by atoms with Crippen molar-refractivity contribution in [1.82, 2.24) is 0 Å². The molecular weight excluding hydrogens is 382 g/mol. The standard InChI is InChI=1S/C24H29NO5/c1-5-29-23(27)21(24(28)30-6-2)20(18-13-9-7-10-14-18)22(26)25(17(3)4)19-15-11-8-12-16-19/h7-17,20-21H,5-6H2,1-4H3. The summed E-state index contributed by atoms with van der Waals surface area (Å²) in [5, 5.41) is 0. The lowest BCUT2D eigenvalue weighted by molar-refractivity contribution is -0.164. The number of benzene rings is 2. The molecule has 6 heteroatoms. The molecule has 1 amide bonds. The minimum atomic E-state index is -1.40. The summed E-state index contributed by atoms with van der Waals surface area (Å²) >= 11 is 0. The van der Waals surface area contributed by atoms with Crippen LogP contribution in [0.3, 0.4) is 0 Å². The van der Waals surface area contributed by atoms with E-state index in [1.54, 1.807) is 43.0 Å². The van der Waals surface area contributed by atoms with Gasteiger partial charge in [-0.05, 0) is 45.4 Å². The summed E-state index contributed by atoms with van der Waals surface area (Å²) < 4.78 is 10.3. The van der Waals surface area contributed by atoms with E-state index in [0.29, 0.717) is 11.3 Å². The van der Waals surface area contributed by atoms with E-state index in [1.165, 1.54) is 0 Å². The van der Waals surface area contributed by atoms with Gasteiger partial charge in [0.15, 0.2) is 5.92 Å². The molecule has 30 heavy (non-hydrogen) atoms. The minimum Gasteiger partial charge on any atom is -0.465 e. The van der Waals surface area contributed by atoms with Gasteiger partial charge >= 0.3 is 11.9 Å². The van der Waals surface area contributed by atoms with Crippen LogP contribution in [0.4, 0.5) is 5.69 Å². The van der Waals surface area contributed by atoms with Crippen LogP contribution in [0.2, 0.25) is 0 Å². The number of anilines is 1. The third-order valence-electron chi connectivity index (χ3n) is 4.63. The van der Waals surface area contributed by atoms with Crippen LogP contribution in [0.1, 0.15) is 39.2 Å². The van der Waals surface area contributed by atoms with Crippen molar-refractivity contribution in [2.45, 2.75) is 39.7 Å². The van der Waals surface area contributed by atoms with E-state index in [0.717, 1.165) is 0 Å². The molecule has 0 heterocycles. The van der Waals surface area contributed by atoms with E-state index in [2.05, 4.69) is 0 Å². The topological polar surface area (TPSA) is 72.9 Å². The maximum absolute atomic E-state index is 13.9. The highest BCUT2D eigenvalue weighted by Crippen LogP contribution is 2.32. The Hall–Kier alpha value is -3.15. The van der Waals surface area contributed by atoms with Crippen LogP contribution in [0, 0.1) is 5.92 Å². The average Bonchev–Trinajstić information content (AvgIpc) is 2.73. The number of hydrogen-bond acceptors (Lipinski definition) is 5. The summed E-state index contributed by atoms with van der Waals surface area (Å²) in [5.41, 5.74) is 1.24. The Morgan fingerprint density at radius 2 is 1.27 bits per heavy atom. The Balaban J connectivity index is 2.61. The molecule has 0 fully saturated rings. The second kappa shape index (κ2) is 11.1. The fraction of sp³-hybridized carbons (Fsp3) is 0.375. The Morgan fingerprint density at radius 1 is 0.800 bits per heavy atom. The Kier molecular flexibility index (Phi) is 8.59. The van der Waals surface area contributed by atoms with E-state index < -0.39 is 23.8 Å². The highest BCUT2D eigenvalue weighted by Gasteiger charge is 2.44. The van der Waals surface area contributed by atoms with Crippen molar-refractivity contribution in [3.63, 3.8) is 0 Å². The van der Waals surface area contributed by atoms with Crippen LogP contribution in [0.15, 0.2) is 60.7 Å². The summed E-state index contributed by atoms with van der Waals surface area (Å²) in [6.45, 7) is 7.27. The molecule has 6 nitrogen and oxygen atoms in total. The Bertz CT molecular complexity index is 817. The van der Waals surface area contributed by atoms with Crippen molar-refractivity contribution in [2.75, 3.05) is 18.1 Å². The average molecular weight is 411 g/mol. The maximum atomic E-state index is 13.9. The molecule has 0 saturated carbocycles. The lowest BCUT2D eigenvalue weighted by atomic mass is 9.84. The van der Waals surface area contributed by atoms with Crippen molar-refractivity contribution in [3.8, 4) is 0 Å². The van der Waals surface area contributed by atoms with Gasteiger partial charge in [-0.2, -0.15) is 0 Å². The molecule has 0 aromatic heterocycles. The first kappa shape index (κ1) is 23.1. The molecule has 0 bridgehead atoms. The number of nitrogens with zero attached hydrogens (tertiary/aromatic N) is 1. The smallest absolute Gasteiger partial charge is 0.321 e. The summed E-state index contributed by atoms with van der Waals surface area (Å²) in [4.78, 5) is 41.1. The number of carbonyl (C=O) groups excluding carboxylic acids is 3. The van der Waals surface area contributed by atoms with Crippen LogP contribution in [0.25, 0.3) is 0 Å². The molecule has 160 valence electrons. The summed E-state index contributed by atoms with van der Waals surface area (Å²) in [7, 11) is 0. The van der Waals surface area contributed by atoms with Crippen molar-refractivity contribution < 1.29 is 23.9 Å². The first-order chi connectivity index (χ1) is 14.4. The summed E-state index contributed by atoms with van der Waals surface area (Å²) in [6.07, 6.45) is 0. The monoisotopic (exact) mass is 411 g/mol. The van der Waals surface area contributed by atoms with Gasteiger partial charge in [-0.3, -0.25) is 14.4 Å². The molecule has 0 aliphatic heterocycles. The van der Waals surface area contributed by atoms with Gasteiger partial charge in [-0.15, -0.1) is 0 Å². The van der Waals surface area contributed by atoms with Crippen molar-refractivity contribution in [1.29, 1.82) is 0 Å². The number of rotatable bonds is 9. The van der Waals surface area contributed by atoms with Crippen molar-refractivity contribution >= 4 is 23.5 Å². The molecule has 0 aliphatic carbocycles. The molecule has 0 saturated heterocycles. The van der Waals surface area contributed by atoms with Gasteiger partial charge < -0.3 is 14.4 Å². The zero-order valence-electron chi connectivity index (χ0n) is 17.9. The van der Waals surface area contributed by atoms with Gasteiger partial charge in [-0.1, -0.05) is 48.5 Å². The Labute approximate surface area is 177 Å². The van der Waals surface area contributed by atoms with E-state index in [9.17, 15) is 14.4 Å². The second-order valence-corrected chi connectivity index (χ2v) is 7.01. The quantitative estimate of drug-likeness (QED) is 0.461. The number of ether oxygens (including phenoxy) is 2. The van der Waals surface area contributed by atoms with E-state index in [1.807, 2.05) is 50.2 Å². The van der Waals surface area contributed by atoms with Crippen LogP contribution in [-0.4, -0.2) is 37.1 Å². The molecule has 1 unspecified atom stereocenters. The van der Waals surface area contributed by atoms with Gasteiger partial charge in [0.25, 0.3) is 0 Å². The highest BCUT2D eigenvalue weighted by atomic mass is 16.6. The molecule has 2 aromatic carbocycles. The number of carbonyl (C=O) groups is 3. The SMILES string of the molecule is CCOC(=O)C(C(=O)OCC)C(C(=O)N(c1ccccc1)C(C)C)c1ccccc1. The fourth-order valence-electron chi connectivity index (χ4n) is 3.39. The first-order valence-corrected chi connectivity index (χ1v) is 10.2. The predicted molar refractivity (Wildman–Crippen MR) is 115 cm³/mol. The van der Waals surface area contributed by atoms with Gasteiger partial charge in [0.1, 0.15) is 0 Å². The summed E-state index contributed by atoms with van der Waals surface area (Å²) in [5.74, 6) is -4.38. The van der Waals surface area contributed by atoms with Crippen LogP contribution in [-0.2, 0) is 23.9 Å². The lowest BCUT2D eigenvalue weighted by Gasteiger charge is -2.33. The fourth-order valence-corrected chi connectivity index (χ4v) is 3.39. The molecule has 0 N–H and O–H groups in total. The number of hydrogen-bond donors (Lipinski definition) is 0. The van der Waals surface area contributed by atoms with Gasteiger partial charge in [0, 0.05) is 11.7 Å². The molecule has 0 radical (unpaired) electrons. The molecule has 2 aromatic rings. The molecule has 1 atom stereocenters. The highest BCUT2D eigenvalue weighted by molar-refractivity contribution is 6.07. The van der Waals surface area contributed by atoms with Gasteiger partial charge in [0.05, 0.1) is 19.1 Å². The first-order valence-electron chi connectivity index (χ1n) is 10.2. The van der Waals surface area contributed by atoms with Crippen LogP contribution >= 0.6 is 0 Å². The van der Waals surface area contributed by atoms with Crippen LogP contribution < -0.4 is 4.90 Å². The van der Waals surface area contributed by atoms with Gasteiger partial charge in [0.2, 0.25) is 5.91 Å². The van der Waals surface area contributed by atoms with Crippen molar-refractivity contribution in [3.05, 3.63) is 66.2 Å². The maximum Gasteiger partial charge on any atom is 0.321 e. The largest absolute Gasteiger partial charge is 0.465 e. The van der Waals surface area contributed by atoms with Crippen molar-refractivity contribution in [2.24, 2.45) is 5.92 Å². The van der Waals surface area contributed by atoms with E-state index in [-0.39, 0.29) is 25.2 Å². The van der Waals surface area contributed by atoms with Crippen LogP contribution in [0.5, 0.6) is 0 Å². The predicted octanol–water partition coefficient (Wildman–Crippen LogP) is 3.95. The molecule has 2 rings (SSSR count). The third-order valence-corrected chi connectivity index (χ3v) is 4.63. The number of amides is 1. The normalized spacial score (nSPS) is 11.8. The molecular formula is C24H29NO5. The van der Waals surface area contributed by atoms with E-state index in [4.69, 9.17) is 9.47 Å². The van der Waals surface area contributed by atoms with Gasteiger partial charge in [-0.25, -0.2) is 0 Å². The number of esters is 2. The second-order valence-electron chi connectivity index (χ2n) is 7.01. The molecule has 0 aliphatic rings. The van der Waals surface area contributed by atoms with E-state index >= 15 is 0 Å². The molecule has 0 spiro atoms. The zero-order valence-corrected chi connectivity index (χ0v) is 17.9. The Morgan fingerprint density at radius 3 is 1.70 bits per heavy atom. The zero-order chi connectivity index (χ0) is 22.1. The summed E-state index contributed by atoms with van der Waals surface area (Å²) in [6, 6.07) is 17.8. The third kappa shape index (κ3) is 5.47. The minimum absolute atomic E-state index is 0.0943. The lowest BCUT2D eigenvalue weighted by Crippen LogP contribution is -2.46. The number of para-hydroxylation sites is 1.